The van der Waals surface area contributed by atoms with Gasteiger partial charge in [0.2, 0.25) is 0 Å². The van der Waals surface area contributed by atoms with Gasteiger partial charge in [0.1, 0.15) is 17.6 Å². The molecule has 5 aliphatic rings. The molecule has 3 heteroatoms. The fraction of sp³-hybridized carbons (Fsp3) is 0.315. The molecular formula is C54H57AuN2-. The summed E-state index contributed by atoms with van der Waals surface area (Å²) in [6.07, 6.45) is 8.31. The molecule has 2 heterocycles. The van der Waals surface area contributed by atoms with Crippen LogP contribution in [0.25, 0.3) is 21.8 Å². The molecule has 1 aliphatic heterocycles. The second-order valence-corrected chi connectivity index (χ2v) is 17.3. The predicted octanol–water partition coefficient (Wildman–Crippen LogP) is 13.9. The molecule has 6 aromatic carbocycles. The van der Waals surface area contributed by atoms with Crippen LogP contribution in [-0.2, 0) is 48.1 Å². The van der Waals surface area contributed by atoms with Crippen LogP contribution >= 0.6 is 0 Å². The van der Waals surface area contributed by atoms with Crippen molar-refractivity contribution in [2.75, 3.05) is 0 Å². The quantitative estimate of drug-likeness (QED) is 0.0923. The molecule has 1 aromatic heterocycles. The molecule has 0 spiro atoms. The molecule has 0 amide bonds. The van der Waals surface area contributed by atoms with Gasteiger partial charge in [0.25, 0.3) is 0 Å². The molecule has 57 heavy (non-hydrogen) atoms. The van der Waals surface area contributed by atoms with Gasteiger partial charge in [-0.15, -0.1) is 11.0 Å². The Morgan fingerprint density at radius 3 is 1.63 bits per heavy atom. The van der Waals surface area contributed by atoms with Gasteiger partial charge in [0.15, 0.2) is 0 Å². The summed E-state index contributed by atoms with van der Waals surface area (Å²) >= 11 is 0. The summed E-state index contributed by atoms with van der Waals surface area (Å²) < 4.78 is 2.39. The first-order chi connectivity index (χ1) is 27.1. The minimum Gasteiger partial charge on any atom is -0.657 e. The van der Waals surface area contributed by atoms with E-state index in [0.29, 0.717) is 23.7 Å². The molecular weight excluding hydrogens is 874 g/mol. The third-order valence-electron chi connectivity index (χ3n) is 12.2. The minimum absolute atomic E-state index is 0. The van der Waals surface area contributed by atoms with Crippen LogP contribution in [0.5, 0.6) is 0 Å². The van der Waals surface area contributed by atoms with E-state index < -0.39 is 0 Å². The van der Waals surface area contributed by atoms with Crippen molar-refractivity contribution in [3.63, 3.8) is 0 Å². The Hall–Kier alpha value is -4.47. The zero-order chi connectivity index (χ0) is 39.1. The van der Waals surface area contributed by atoms with E-state index in [-0.39, 0.29) is 28.3 Å². The molecule has 0 N–H and O–H groups in total. The Kier molecular flexibility index (Phi) is 12.3. The Morgan fingerprint density at radius 2 is 1.04 bits per heavy atom. The monoisotopic (exact) mass is 930 g/mol. The van der Waals surface area contributed by atoms with E-state index in [2.05, 4.69) is 188 Å². The number of aryl methyl sites for hydroxylation is 4. The van der Waals surface area contributed by atoms with E-state index >= 15 is 0 Å². The second-order valence-electron chi connectivity index (χ2n) is 17.3. The van der Waals surface area contributed by atoms with E-state index in [1.54, 1.807) is 0 Å². The predicted molar refractivity (Wildman–Crippen MR) is 240 cm³/mol. The first-order valence-electron chi connectivity index (χ1n) is 21.0. The fourth-order valence-corrected chi connectivity index (χ4v) is 9.17. The van der Waals surface area contributed by atoms with Crippen molar-refractivity contribution in [1.82, 2.24) is 9.56 Å². The van der Waals surface area contributed by atoms with Crippen LogP contribution < -0.4 is 9.56 Å². The smallest absolute Gasteiger partial charge is 0.112 e. The Labute approximate surface area is 357 Å². The van der Waals surface area contributed by atoms with Crippen molar-refractivity contribution in [2.45, 2.75) is 111 Å². The van der Waals surface area contributed by atoms with Crippen molar-refractivity contribution in [2.24, 2.45) is 0 Å². The van der Waals surface area contributed by atoms with Crippen LogP contribution in [0, 0.1) is 0 Å². The van der Waals surface area contributed by atoms with Crippen molar-refractivity contribution in [1.29, 1.82) is 0 Å². The summed E-state index contributed by atoms with van der Waals surface area (Å²) in [5.74, 6) is 1.96. The molecule has 4 bridgehead atoms. The first kappa shape index (κ1) is 40.7. The summed E-state index contributed by atoms with van der Waals surface area (Å²) in [5.41, 5.74) is 19.1. The zero-order valence-corrected chi connectivity index (χ0v) is 37.1. The normalized spacial score (nSPS) is 14.8. The number of nitrogens with zero attached hydrogens (tertiary/aromatic N) is 2. The van der Waals surface area contributed by atoms with Gasteiger partial charge in [0, 0.05) is 28.3 Å². The number of hydrogen-bond donors (Lipinski definition) is 0. The van der Waals surface area contributed by atoms with Gasteiger partial charge in [0.05, 0.1) is 0 Å². The van der Waals surface area contributed by atoms with Crippen LogP contribution in [-0.4, -0.2) is 6.21 Å². The van der Waals surface area contributed by atoms with Gasteiger partial charge >= 0.3 is 0 Å². The van der Waals surface area contributed by atoms with E-state index in [4.69, 9.17) is 4.98 Å². The van der Waals surface area contributed by atoms with Crippen LogP contribution in [0.1, 0.15) is 141 Å². The molecule has 1 atom stereocenters. The molecule has 0 fully saturated rings. The molecule has 1 radical (unpaired) electrons. The molecule has 7 aromatic rings. The maximum atomic E-state index is 4.96. The Bertz CT molecular complexity index is 2490. The number of fused-ring (bicyclic) bond motifs is 2. The van der Waals surface area contributed by atoms with Crippen LogP contribution in [0.3, 0.4) is 0 Å². The van der Waals surface area contributed by atoms with Crippen molar-refractivity contribution in [3.05, 3.63) is 177 Å². The molecule has 295 valence electrons. The molecule has 2 nitrogen and oxygen atoms in total. The van der Waals surface area contributed by atoms with Gasteiger partial charge in [-0.25, -0.2) is 0 Å². The third kappa shape index (κ3) is 7.90. The topological polar surface area (TPSA) is 17.1 Å². The number of benzene rings is 6. The third-order valence-corrected chi connectivity index (χ3v) is 12.2. The Morgan fingerprint density at radius 1 is 0.526 bits per heavy atom. The van der Waals surface area contributed by atoms with E-state index in [0.717, 1.165) is 31.2 Å². The second kappa shape index (κ2) is 17.2. The van der Waals surface area contributed by atoms with Gasteiger partial charge in [-0.3, -0.25) is 0 Å². The van der Waals surface area contributed by atoms with Gasteiger partial charge < -0.3 is 9.56 Å². The average Bonchev–Trinajstić information content (AvgIpc) is 3.78. The average molecular weight is 931 g/mol. The molecule has 0 saturated heterocycles. The van der Waals surface area contributed by atoms with E-state index in [9.17, 15) is 0 Å². The SMILES string of the molecule is CC(C)c1cccc(C(C)C)c1C1[C-]=[N+](c2c(C(C)C)cccc2C(C)C)c2ccccc21.[Au].c1ccc2c(c1)[n-]c1c3ccc(c12)CCc1ccc(cc1)CC3. The standard InChI is InChI=1S/C32H39N.C22H18N.Au/c1-20(2)24-14-11-15-25(21(3)4)31(24)29-19-33(30-18-10-9-13-28(29)30)32-26(22(5)6)16-12-17-27(32)23(7)8;1-2-4-20-19(3-1)21-17-11-9-15-5-7-16(8-6-15)10-12-18(14-13-17)22(21)23-20;/h9-18,20-23,29H,1-8H3;1-8,13-14H,9-12H2;/q;-1;. The summed E-state index contributed by atoms with van der Waals surface area (Å²) in [6, 6.07) is 45.0. The molecule has 1 unspecified atom stereocenters. The Balaban J connectivity index is 0.000000181. The van der Waals surface area contributed by atoms with Gasteiger partial charge in [-0.2, -0.15) is 0 Å². The number of para-hydroxylation sites is 3. The fourth-order valence-electron chi connectivity index (χ4n) is 9.17. The van der Waals surface area contributed by atoms with Gasteiger partial charge in [-0.1, -0.05) is 176 Å². The van der Waals surface area contributed by atoms with Crippen molar-refractivity contribution >= 4 is 39.4 Å². The summed E-state index contributed by atoms with van der Waals surface area (Å²) in [7, 11) is 0. The maximum absolute atomic E-state index is 4.96. The van der Waals surface area contributed by atoms with E-state index in [1.165, 1.54) is 83.3 Å². The minimum atomic E-state index is 0. The number of hydrogen-bond acceptors (Lipinski definition) is 0. The van der Waals surface area contributed by atoms with Crippen molar-refractivity contribution < 1.29 is 22.4 Å². The maximum Gasteiger partial charge on any atom is 0.112 e. The van der Waals surface area contributed by atoms with Gasteiger partial charge in [-0.05, 0) is 116 Å². The molecule has 4 aliphatic carbocycles. The van der Waals surface area contributed by atoms with Crippen LogP contribution in [0.4, 0.5) is 11.4 Å². The molecule has 0 saturated carbocycles. The summed E-state index contributed by atoms with van der Waals surface area (Å²) in [6.45, 7) is 18.4. The van der Waals surface area contributed by atoms with Crippen molar-refractivity contribution in [3.8, 4) is 0 Å². The number of aromatic nitrogens is 1. The zero-order valence-electron chi connectivity index (χ0n) is 35.0. The van der Waals surface area contributed by atoms with E-state index in [1.807, 2.05) is 0 Å². The molecule has 12 rings (SSSR count). The summed E-state index contributed by atoms with van der Waals surface area (Å²) in [5, 5.41) is 2.69. The van der Waals surface area contributed by atoms with Crippen LogP contribution in [0.15, 0.2) is 121 Å². The summed E-state index contributed by atoms with van der Waals surface area (Å²) in [4.78, 5) is 4.96. The van der Waals surface area contributed by atoms with Crippen LogP contribution in [0.2, 0.25) is 0 Å². The number of rotatable bonds is 6. The largest absolute Gasteiger partial charge is 0.657 e. The first-order valence-corrected chi connectivity index (χ1v) is 21.0.